The second-order valence-corrected chi connectivity index (χ2v) is 8.45. The SMILES string of the molecule is CN=C(NCc1ccc(NC(=O)NC(C)C)cc1)N1CCC(COCc2ccccc2)C1.I. The number of ether oxygens (including phenoxy) is 1. The van der Waals surface area contributed by atoms with Gasteiger partial charge in [0.1, 0.15) is 0 Å². The highest BCUT2D eigenvalue weighted by Crippen LogP contribution is 2.18. The van der Waals surface area contributed by atoms with Crippen LogP contribution in [0.4, 0.5) is 10.5 Å². The van der Waals surface area contributed by atoms with E-state index in [0.29, 0.717) is 19.1 Å². The Morgan fingerprint density at radius 2 is 1.85 bits per heavy atom. The second kappa shape index (κ2) is 14.0. The number of halogens is 1. The number of urea groups is 1. The van der Waals surface area contributed by atoms with Gasteiger partial charge >= 0.3 is 6.03 Å². The Labute approximate surface area is 214 Å². The monoisotopic (exact) mass is 565 g/mol. The molecular formula is C25H36IN5O2. The third-order valence-corrected chi connectivity index (χ3v) is 5.34. The maximum absolute atomic E-state index is 11.8. The fraction of sp³-hybridized carbons (Fsp3) is 0.440. The fourth-order valence-corrected chi connectivity index (χ4v) is 3.73. The predicted molar refractivity (Wildman–Crippen MR) is 145 cm³/mol. The van der Waals surface area contributed by atoms with E-state index >= 15 is 0 Å². The summed E-state index contributed by atoms with van der Waals surface area (Å²) >= 11 is 0. The molecule has 0 bridgehead atoms. The minimum Gasteiger partial charge on any atom is -0.376 e. The Morgan fingerprint density at radius 3 is 2.52 bits per heavy atom. The van der Waals surface area contributed by atoms with E-state index < -0.39 is 0 Å². The zero-order valence-electron chi connectivity index (χ0n) is 19.7. The molecule has 0 radical (unpaired) electrons. The van der Waals surface area contributed by atoms with E-state index in [1.165, 1.54) is 5.56 Å². The smallest absolute Gasteiger partial charge is 0.319 e. The van der Waals surface area contributed by atoms with Gasteiger partial charge in [0.25, 0.3) is 0 Å². The molecule has 1 aliphatic heterocycles. The van der Waals surface area contributed by atoms with Crippen molar-refractivity contribution in [2.75, 3.05) is 32.1 Å². The van der Waals surface area contributed by atoms with Crippen molar-refractivity contribution >= 4 is 41.7 Å². The van der Waals surface area contributed by atoms with Crippen LogP contribution in [0.5, 0.6) is 0 Å². The van der Waals surface area contributed by atoms with Gasteiger partial charge in [-0.3, -0.25) is 4.99 Å². The van der Waals surface area contributed by atoms with Gasteiger partial charge in [0.05, 0.1) is 13.2 Å². The summed E-state index contributed by atoms with van der Waals surface area (Å²) in [5.41, 5.74) is 3.11. The molecule has 3 rings (SSSR count). The van der Waals surface area contributed by atoms with E-state index in [-0.39, 0.29) is 36.0 Å². The van der Waals surface area contributed by atoms with E-state index in [1.807, 2.05) is 63.4 Å². The molecule has 33 heavy (non-hydrogen) atoms. The van der Waals surface area contributed by atoms with Crippen molar-refractivity contribution in [2.24, 2.45) is 10.9 Å². The quantitative estimate of drug-likeness (QED) is 0.251. The number of benzene rings is 2. The largest absolute Gasteiger partial charge is 0.376 e. The lowest BCUT2D eigenvalue weighted by Crippen LogP contribution is -2.39. The number of rotatable bonds is 8. The van der Waals surface area contributed by atoms with Gasteiger partial charge in [-0.2, -0.15) is 0 Å². The molecule has 2 aromatic carbocycles. The first kappa shape index (κ1) is 26.9. The van der Waals surface area contributed by atoms with Gasteiger partial charge in [0.2, 0.25) is 0 Å². The maximum Gasteiger partial charge on any atom is 0.319 e. The number of guanidine groups is 1. The van der Waals surface area contributed by atoms with Crippen molar-refractivity contribution in [1.82, 2.24) is 15.5 Å². The van der Waals surface area contributed by atoms with Crippen LogP contribution >= 0.6 is 24.0 Å². The average molecular weight is 566 g/mol. The molecule has 8 heteroatoms. The Morgan fingerprint density at radius 1 is 1.12 bits per heavy atom. The van der Waals surface area contributed by atoms with Crippen molar-refractivity contribution in [1.29, 1.82) is 0 Å². The predicted octanol–water partition coefficient (Wildman–Crippen LogP) is 4.45. The van der Waals surface area contributed by atoms with Crippen LogP contribution in [0.2, 0.25) is 0 Å². The summed E-state index contributed by atoms with van der Waals surface area (Å²) in [5, 5.41) is 9.11. The maximum atomic E-state index is 11.8. The summed E-state index contributed by atoms with van der Waals surface area (Å²) in [7, 11) is 1.82. The van der Waals surface area contributed by atoms with E-state index in [0.717, 1.165) is 43.3 Å². The number of nitrogens with one attached hydrogen (secondary N) is 3. The Bertz CT molecular complexity index is 874. The topological polar surface area (TPSA) is 78.0 Å². The zero-order valence-corrected chi connectivity index (χ0v) is 22.0. The Hall–Kier alpha value is -2.33. The van der Waals surface area contributed by atoms with Crippen LogP contribution in [-0.2, 0) is 17.9 Å². The molecule has 1 atom stereocenters. The molecule has 180 valence electrons. The minimum atomic E-state index is -0.192. The third-order valence-electron chi connectivity index (χ3n) is 5.34. The molecule has 1 heterocycles. The number of hydrogen-bond acceptors (Lipinski definition) is 3. The van der Waals surface area contributed by atoms with E-state index in [1.54, 1.807) is 0 Å². The summed E-state index contributed by atoms with van der Waals surface area (Å²) in [4.78, 5) is 18.6. The highest BCUT2D eigenvalue weighted by atomic mass is 127. The number of anilines is 1. The molecule has 0 aromatic heterocycles. The molecule has 2 aromatic rings. The van der Waals surface area contributed by atoms with Crippen LogP contribution in [0, 0.1) is 5.92 Å². The third kappa shape index (κ3) is 9.21. The lowest BCUT2D eigenvalue weighted by Gasteiger charge is -2.22. The van der Waals surface area contributed by atoms with Gasteiger partial charge in [0, 0.05) is 44.3 Å². The lowest BCUT2D eigenvalue weighted by molar-refractivity contribution is 0.0906. The summed E-state index contributed by atoms with van der Waals surface area (Å²) in [6.07, 6.45) is 1.11. The van der Waals surface area contributed by atoms with E-state index in [4.69, 9.17) is 4.74 Å². The van der Waals surface area contributed by atoms with Crippen molar-refractivity contribution in [3.8, 4) is 0 Å². The molecule has 2 amide bonds. The second-order valence-electron chi connectivity index (χ2n) is 8.45. The minimum absolute atomic E-state index is 0. The van der Waals surface area contributed by atoms with Gasteiger partial charge in [-0.1, -0.05) is 42.5 Å². The molecule has 1 unspecified atom stereocenters. The number of hydrogen-bond donors (Lipinski definition) is 3. The Kier molecular flexibility index (Phi) is 11.5. The van der Waals surface area contributed by atoms with Gasteiger partial charge in [-0.25, -0.2) is 4.79 Å². The van der Waals surface area contributed by atoms with Crippen LogP contribution in [0.15, 0.2) is 59.6 Å². The number of likely N-dealkylation sites (tertiary alicyclic amines) is 1. The van der Waals surface area contributed by atoms with Gasteiger partial charge in [-0.05, 0) is 43.5 Å². The number of carbonyl (C=O) groups is 1. The molecule has 3 N–H and O–H groups in total. The molecular weight excluding hydrogens is 529 g/mol. The van der Waals surface area contributed by atoms with Crippen LogP contribution in [0.3, 0.4) is 0 Å². The lowest BCUT2D eigenvalue weighted by atomic mass is 10.1. The first-order valence-electron chi connectivity index (χ1n) is 11.3. The summed E-state index contributed by atoms with van der Waals surface area (Å²) in [5.74, 6) is 1.42. The van der Waals surface area contributed by atoms with Gasteiger partial charge < -0.3 is 25.6 Å². The van der Waals surface area contributed by atoms with Crippen LogP contribution in [-0.4, -0.2) is 49.7 Å². The molecule has 0 spiro atoms. The van der Waals surface area contributed by atoms with E-state index in [9.17, 15) is 4.79 Å². The van der Waals surface area contributed by atoms with Gasteiger partial charge in [0.15, 0.2) is 5.96 Å². The number of nitrogens with zero attached hydrogens (tertiary/aromatic N) is 2. The van der Waals surface area contributed by atoms with Crippen molar-refractivity contribution in [2.45, 2.75) is 39.5 Å². The van der Waals surface area contributed by atoms with Crippen molar-refractivity contribution in [3.05, 3.63) is 65.7 Å². The normalized spacial score (nSPS) is 15.8. The summed E-state index contributed by atoms with van der Waals surface area (Å²) in [6, 6.07) is 18.0. The van der Waals surface area contributed by atoms with Gasteiger partial charge in [-0.15, -0.1) is 24.0 Å². The van der Waals surface area contributed by atoms with Crippen LogP contribution in [0.25, 0.3) is 0 Å². The highest BCUT2D eigenvalue weighted by Gasteiger charge is 2.24. The first-order valence-corrected chi connectivity index (χ1v) is 11.3. The van der Waals surface area contributed by atoms with Crippen molar-refractivity contribution < 1.29 is 9.53 Å². The molecule has 1 aliphatic rings. The number of aliphatic imine (C=N–C) groups is 1. The average Bonchev–Trinajstić information content (AvgIpc) is 3.24. The van der Waals surface area contributed by atoms with Crippen LogP contribution in [0.1, 0.15) is 31.4 Å². The molecule has 1 saturated heterocycles. The molecule has 7 nitrogen and oxygen atoms in total. The zero-order chi connectivity index (χ0) is 22.8. The fourth-order valence-electron chi connectivity index (χ4n) is 3.73. The standard InChI is InChI=1S/C25H35N5O2.HI/c1-19(2)28-25(31)29-23-11-9-20(10-12-23)15-27-24(26-3)30-14-13-22(16-30)18-32-17-21-7-5-4-6-8-21;/h4-12,19,22H,13-18H2,1-3H3,(H,26,27)(H2,28,29,31);1H. The molecule has 0 aliphatic carbocycles. The molecule has 1 fully saturated rings. The summed E-state index contributed by atoms with van der Waals surface area (Å²) in [6.45, 7) is 7.89. The summed E-state index contributed by atoms with van der Waals surface area (Å²) < 4.78 is 5.93. The van der Waals surface area contributed by atoms with Crippen LogP contribution < -0.4 is 16.0 Å². The first-order chi connectivity index (χ1) is 15.5. The highest BCUT2D eigenvalue weighted by molar-refractivity contribution is 14.0. The van der Waals surface area contributed by atoms with E-state index in [2.05, 4.69) is 38.0 Å². The number of carbonyl (C=O) groups excluding carboxylic acids is 1. The molecule has 0 saturated carbocycles. The number of amides is 2. The van der Waals surface area contributed by atoms with Crippen molar-refractivity contribution in [3.63, 3.8) is 0 Å². The Balaban J connectivity index is 0.00000385.